The number of hydrogen-bond donors (Lipinski definition) is 4. The lowest BCUT2D eigenvalue weighted by molar-refractivity contribution is 0.0971. The number of hydrazine groups is 1. The van der Waals surface area contributed by atoms with Crippen LogP contribution in [0.1, 0.15) is 45.1 Å². The van der Waals surface area contributed by atoms with Gasteiger partial charge in [0, 0.05) is 29.5 Å². The molecule has 6 unspecified atom stereocenters. The van der Waals surface area contributed by atoms with Crippen LogP contribution in [-0.4, -0.2) is 36.9 Å². The number of rotatable bonds is 3. The number of hydrogen-bond acceptors (Lipinski definition) is 4. The molecule has 0 amide bonds. The van der Waals surface area contributed by atoms with Gasteiger partial charge in [0.1, 0.15) is 0 Å². The van der Waals surface area contributed by atoms with E-state index < -0.39 is 16.8 Å². The molecule has 2 aliphatic rings. The lowest BCUT2D eigenvalue weighted by Crippen LogP contribution is -2.57. The van der Waals surface area contributed by atoms with E-state index >= 15 is 0 Å². The van der Waals surface area contributed by atoms with Crippen molar-refractivity contribution in [1.82, 2.24) is 15.2 Å². The highest BCUT2D eigenvalue weighted by molar-refractivity contribution is 7.76. The van der Waals surface area contributed by atoms with E-state index in [9.17, 15) is 8.76 Å². The molecule has 2 fully saturated rings. The number of nitrogens with one attached hydrogen (secondary N) is 2. The molecule has 134 valence electrons. The summed E-state index contributed by atoms with van der Waals surface area (Å²) in [4.78, 5) is 0. The third-order valence-corrected chi connectivity index (χ3v) is 6.39. The monoisotopic (exact) mass is 352 g/mol. The standard InChI is InChI=1S/C17H28N4O2S/c1-17(2,3)21(24(22)23)13-10-9-12-15(16(18)20-19-12)14(13)11-7-5-4-6-8-11/h4-8,12-16,19-20H,9-10,18H2,1-3H3,(H,22,23). The summed E-state index contributed by atoms with van der Waals surface area (Å²) >= 11 is -2.03. The zero-order valence-corrected chi connectivity index (χ0v) is 15.3. The summed E-state index contributed by atoms with van der Waals surface area (Å²) in [7, 11) is 0. The van der Waals surface area contributed by atoms with E-state index in [2.05, 4.69) is 23.0 Å². The summed E-state index contributed by atoms with van der Waals surface area (Å²) in [6, 6.07) is 10.5. The van der Waals surface area contributed by atoms with Gasteiger partial charge in [0.15, 0.2) is 0 Å². The van der Waals surface area contributed by atoms with Crippen LogP contribution in [-0.2, 0) is 11.3 Å². The topological polar surface area (TPSA) is 90.6 Å². The minimum atomic E-state index is -2.03. The van der Waals surface area contributed by atoms with E-state index in [0.717, 1.165) is 12.8 Å². The Morgan fingerprint density at radius 2 is 1.88 bits per heavy atom. The molecule has 1 aliphatic heterocycles. The van der Waals surface area contributed by atoms with Crippen molar-refractivity contribution in [3.63, 3.8) is 0 Å². The molecular weight excluding hydrogens is 324 g/mol. The van der Waals surface area contributed by atoms with Gasteiger partial charge in [-0.2, -0.15) is 4.31 Å². The number of nitrogens with zero attached hydrogens (tertiary/aromatic N) is 1. The highest BCUT2D eigenvalue weighted by atomic mass is 32.2. The molecule has 1 aromatic carbocycles. The summed E-state index contributed by atoms with van der Waals surface area (Å²) in [5.74, 6) is 0.275. The van der Waals surface area contributed by atoms with E-state index in [1.807, 2.05) is 39.0 Å². The van der Waals surface area contributed by atoms with Crippen molar-refractivity contribution in [3.8, 4) is 0 Å². The molecule has 5 N–H and O–H groups in total. The smallest absolute Gasteiger partial charge is 0.235 e. The Bertz CT molecular complexity index is 592. The fourth-order valence-corrected chi connectivity index (χ4v) is 5.34. The number of fused-ring (bicyclic) bond motifs is 1. The quantitative estimate of drug-likeness (QED) is 0.620. The maximum atomic E-state index is 12.2. The normalized spacial score (nSPS) is 35.0. The average Bonchev–Trinajstić information content (AvgIpc) is 2.88. The molecule has 1 saturated heterocycles. The zero-order chi connectivity index (χ0) is 17.5. The molecule has 6 atom stereocenters. The maximum absolute atomic E-state index is 12.2. The summed E-state index contributed by atoms with van der Waals surface area (Å²) < 4.78 is 23.9. The van der Waals surface area contributed by atoms with Crippen LogP contribution in [0.5, 0.6) is 0 Å². The average molecular weight is 353 g/mol. The van der Waals surface area contributed by atoms with E-state index in [1.54, 1.807) is 4.31 Å². The molecule has 1 heterocycles. The second-order valence-corrected chi connectivity index (χ2v) is 8.66. The molecule has 3 rings (SSSR count). The van der Waals surface area contributed by atoms with E-state index in [4.69, 9.17) is 5.73 Å². The van der Waals surface area contributed by atoms with Crippen LogP contribution in [0.2, 0.25) is 0 Å². The van der Waals surface area contributed by atoms with Crippen LogP contribution >= 0.6 is 0 Å². The van der Waals surface area contributed by atoms with Gasteiger partial charge in [-0.15, -0.1) is 0 Å². The Labute approximate surface area is 146 Å². The van der Waals surface area contributed by atoms with Crippen molar-refractivity contribution in [3.05, 3.63) is 35.9 Å². The molecule has 24 heavy (non-hydrogen) atoms. The fraction of sp³-hybridized carbons (Fsp3) is 0.647. The predicted molar refractivity (Wildman–Crippen MR) is 96.1 cm³/mol. The van der Waals surface area contributed by atoms with Crippen LogP contribution in [0.15, 0.2) is 30.3 Å². The molecule has 7 heteroatoms. The Morgan fingerprint density at radius 3 is 2.46 bits per heavy atom. The first kappa shape index (κ1) is 18.0. The molecule has 1 aromatic rings. The Balaban J connectivity index is 2.05. The van der Waals surface area contributed by atoms with Crippen molar-refractivity contribution in [1.29, 1.82) is 0 Å². The lowest BCUT2D eigenvalue weighted by atomic mass is 9.69. The van der Waals surface area contributed by atoms with E-state index in [0.29, 0.717) is 0 Å². The minimum Gasteiger partial charge on any atom is -0.315 e. The Morgan fingerprint density at radius 1 is 1.21 bits per heavy atom. The van der Waals surface area contributed by atoms with Crippen molar-refractivity contribution < 1.29 is 8.76 Å². The van der Waals surface area contributed by atoms with E-state index in [1.165, 1.54) is 5.56 Å². The largest absolute Gasteiger partial charge is 0.315 e. The minimum absolute atomic E-state index is 0.0350. The van der Waals surface area contributed by atoms with Gasteiger partial charge in [0.05, 0.1) is 6.17 Å². The fourth-order valence-electron chi connectivity index (χ4n) is 4.40. The van der Waals surface area contributed by atoms with E-state index in [-0.39, 0.29) is 30.1 Å². The Hall–Kier alpha value is -0.830. The molecule has 0 radical (unpaired) electrons. The first-order chi connectivity index (χ1) is 11.3. The van der Waals surface area contributed by atoms with Gasteiger partial charge in [-0.1, -0.05) is 30.3 Å². The van der Waals surface area contributed by atoms with Gasteiger partial charge in [0.2, 0.25) is 11.3 Å². The molecular formula is C17H28N4O2S. The first-order valence-electron chi connectivity index (χ1n) is 8.52. The highest BCUT2D eigenvalue weighted by Gasteiger charge is 2.50. The van der Waals surface area contributed by atoms with Crippen LogP contribution < -0.4 is 16.6 Å². The van der Waals surface area contributed by atoms with Crippen molar-refractivity contribution in [2.24, 2.45) is 11.7 Å². The third kappa shape index (κ3) is 3.29. The zero-order valence-electron chi connectivity index (χ0n) is 14.5. The number of benzene rings is 1. The van der Waals surface area contributed by atoms with Crippen LogP contribution in [0, 0.1) is 5.92 Å². The molecule has 0 spiro atoms. The van der Waals surface area contributed by atoms with Gasteiger partial charge in [0.25, 0.3) is 0 Å². The van der Waals surface area contributed by atoms with Gasteiger partial charge in [-0.25, -0.2) is 9.63 Å². The second kappa shape index (κ2) is 6.82. The summed E-state index contributed by atoms with van der Waals surface area (Å²) in [5.41, 5.74) is 13.6. The Kier molecular flexibility index (Phi) is 5.11. The lowest BCUT2D eigenvalue weighted by Gasteiger charge is -2.48. The second-order valence-electron chi connectivity index (χ2n) is 7.81. The summed E-state index contributed by atoms with van der Waals surface area (Å²) in [6.07, 6.45) is 1.62. The molecule has 1 aliphatic carbocycles. The molecule has 0 aromatic heterocycles. The van der Waals surface area contributed by atoms with Gasteiger partial charge < -0.3 is 5.73 Å². The van der Waals surface area contributed by atoms with Crippen molar-refractivity contribution in [2.45, 2.75) is 63.3 Å². The van der Waals surface area contributed by atoms with Crippen molar-refractivity contribution in [2.75, 3.05) is 0 Å². The first-order valence-corrected chi connectivity index (χ1v) is 9.59. The number of nitrogens with two attached hydrogens (primary N) is 1. The maximum Gasteiger partial charge on any atom is 0.235 e. The molecule has 0 bridgehead atoms. The SMILES string of the molecule is CC(C)(C)N(C1CCC2NNC(N)C2C1c1ccccc1)S(=O)O. The molecule has 1 saturated carbocycles. The van der Waals surface area contributed by atoms with Crippen LogP contribution in [0.3, 0.4) is 0 Å². The van der Waals surface area contributed by atoms with Crippen LogP contribution in [0.4, 0.5) is 0 Å². The van der Waals surface area contributed by atoms with Crippen molar-refractivity contribution >= 4 is 11.3 Å². The summed E-state index contributed by atoms with van der Waals surface area (Å²) in [6.45, 7) is 5.96. The highest BCUT2D eigenvalue weighted by Crippen LogP contribution is 2.44. The van der Waals surface area contributed by atoms with Gasteiger partial charge in [-0.3, -0.25) is 9.98 Å². The predicted octanol–water partition coefficient (Wildman–Crippen LogP) is 1.55. The van der Waals surface area contributed by atoms with Gasteiger partial charge >= 0.3 is 0 Å². The summed E-state index contributed by atoms with van der Waals surface area (Å²) in [5, 5.41) is 0. The van der Waals surface area contributed by atoms with Crippen LogP contribution in [0.25, 0.3) is 0 Å². The molecule has 6 nitrogen and oxygen atoms in total. The van der Waals surface area contributed by atoms with Gasteiger partial charge in [-0.05, 0) is 39.2 Å². The third-order valence-electron chi connectivity index (χ3n) is 5.23.